The number of thiophene rings is 1. The minimum Gasteiger partial charge on any atom is -0.496 e. The van der Waals surface area contributed by atoms with Crippen LogP contribution in [-0.4, -0.2) is 24.4 Å². The van der Waals surface area contributed by atoms with E-state index in [1.807, 2.05) is 11.4 Å². The first-order valence-corrected chi connectivity index (χ1v) is 6.49. The molecule has 0 aliphatic heterocycles. The first kappa shape index (κ1) is 13.5. The lowest BCUT2D eigenvalue weighted by Crippen LogP contribution is -2.45. The minimum atomic E-state index is -0.191. The fourth-order valence-corrected chi connectivity index (χ4v) is 2.49. The van der Waals surface area contributed by atoms with E-state index in [9.17, 15) is 5.11 Å². The summed E-state index contributed by atoms with van der Waals surface area (Å²) in [5.41, 5.74) is -0.191. The van der Waals surface area contributed by atoms with Crippen LogP contribution in [-0.2, 0) is 6.54 Å². The molecule has 0 aliphatic rings. The van der Waals surface area contributed by atoms with E-state index in [2.05, 4.69) is 19.2 Å². The summed E-state index contributed by atoms with van der Waals surface area (Å²) in [6.07, 6.45) is 2.03. The second kappa shape index (κ2) is 6.23. The number of aliphatic hydroxyl groups excluding tert-OH is 1. The molecule has 1 aromatic rings. The van der Waals surface area contributed by atoms with Gasteiger partial charge in [0, 0.05) is 12.1 Å². The molecule has 4 heteroatoms. The van der Waals surface area contributed by atoms with Crippen LogP contribution in [0.25, 0.3) is 0 Å². The Morgan fingerprint density at radius 3 is 2.88 bits per heavy atom. The number of nitrogens with one attached hydrogen (secondary N) is 1. The molecule has 1 heterocycles. The van der Waals surface area contributed by atoms with Crippen LogP contribution < -0.4 is 10.1 Å². The van der Waals surface area contributed by atoms with E-state index in [0.29, 0.717) is 0 Å². The van der Waals surface area contributed by atoms with E-state index in [-0.39, 0.29) is 12.1 Å². The molecule has 1 unspecified atom stereocenters. The van der Waals surface area contributed by atoms with Gasteiger partial charge in [-0.25, -0.2) is 0 Å². The van der Waals surface area contributed by atoms with Gasteiger partial charge < -0.3 is 15.2 Å². The quantitative estimate of drug-likeness (QED) is 0.772. The van der Waals surface area contributed by atoms with Crippen LogP contribution in [0.15, 0.2) is 11.4 Å². The van der Waals surface area contributed by atoms with E-state index in [0.717, 1.165) is 25.1 Å². The highest BCUT2D eigenvalue weighted by atomic mass is 32.1. The second-order valence-electron chi connectivity index (χ2n) is 4.23. The van der Waals surface area contributed by atoms with Gasteiger partial charge in [0.25, 0.3) is 0 Å². The van der Waals surface area contributed by atoms with Gasteiger partial charge in [0.1, 0.15) is 5.75 Å². The fourth-order valence-electron chi connectivity index (χ4n) is 1.71. The van der Waals surface area contributed by atoms with E-state index < -0.39 is 0 Å². The van der Waals surface area contributed by atoms with Crippen molar-refractivity contribution in [2.24, 2.45) is 0 Å². The van der Waals surface area contributed by atoms with Gasteiger partial charge in [0.05, 0.1) is 18.6 Å². The molecule has 92 valence electrons. The molecule has 3 nitrogen and oxygen atoms in total. The third-order valence-corrected chi connectivity index (χ3v) is 3.65. The molecule has 2 N–H and O–H groups in total. The van der Waals surface area contributed by atoms with Gasteiger partial charge >= 0.3 is 0 Å². The molecule has 0 bridgehead atoms. The Morgan fingerprint density at radius 2 is 2.31 bits per heavy atom. The van der Waals surface area contributed by atoms with Crippen LogP contribution in [0.4, 0.5) is 0 Å². The van der Waals surface area contributed by atoms with Crippen molar-refractivity contribution in [3.63, 3.8) is 0 Å². The number of hydrogen-bond acceptors (Lipinski definition) is 4. The maximum Gasteiger partial charge on any atom is 0.134 e. The lowest BCUT2D eigenvalue weighted by Gasteiger charge is -2.28. The van der Waals surface area contributed by atoms with Crippen LogP contribution in [0.2, 0.25) is 0 Å². The zero-order chi connectivity index (χ0) is 12.0. The van der Waals surface area contributed by atoms with Crippen molar-refractivity contribution in [3.8, 4) is 5.75 Å². The van der Waals surface area contributed by atoms with Gasteiger partial charge in [-0.2, -0.15) is 0 Å². The Bertz CT molecular complexity index is 314. The lowest BCUT2D eigenvalue weighted by atomic mass is 9.97. The first-order chi connectivity index (χ1) is 7.65. The summed E-state index contributed by atoms with van der Waals surface area (Å²) in [5.74, 6) is 0.925. The highest BCUT2D eigenvalue weighted by Gasteiger charge is 2.21. The minimum absolute atomic E-state index is 0.161. The maximum absolute atomic E-state index is 9.38. The summed E-state index contributed by atoms with van der Waals surface area (Å²) in [6, 6.07) is 1.97. The van der Waals surface area contributed by atoms with Crippen molar-refractivity contribution in [3.05, 3.63) is 16.3 Å². The number of rotatable bonds is 7. The molecule has 0 saturated heterocycles. The lowest BCUT2D eigenvalue weighted by molar-refractivity contribution is 0.163. The molecule has 0 saturated carbocycles. The Labute approximate surface area is 101 Å². The molecule has 0 amide bonds. The van der Waals surface area contributed by atoms with Crippen molar-refractivity contribution >= 4 is 11.3 Å². The smallest absolute Gasteiger partial charge is 0.134 e. The zero-order valence-corrected chi connectivity index (χ0v) is 11.1. The predicted octanol–water partition coefficient (Wildman–Crippen LogP) is 2.40. The molecular weight excluding hydrogens is 222 g/mol. The van der Waals surface area contributed by atoms with Crippen LogP contribution >= 0.6 is 11.3 Å². The standard InChI is InChI=1S/C12H21NO2S/c1-4-6-12(2,9-14)13-8-11-10(15-3)5-7-16-11/h5,7,13-14H,4,6,8-9H2,1-3H3. The van der Waals surface area contributed by atoms with Crippen LogP contribution in [0, 0.1) is 0 Å². The molecule has 1 rings (SSSR count). The monoisotopic (exact) mass is 243 g/mol. The number of ether oxygens (including phenoxy) is 1. The van der Waals surface area contributed by atoms with Gasteiger partial charge in [0.15, 0.2) is 0 Å². The van der Waals surface area contributed by atoms with Crippen molar-refractivity contribution in [1.29, 1.82) is 0 Å². The summed E-state index contributed by atoms with van der Waals surface area (Å²) >= 11 is 1.67. The largest absolute Gasteiger partial charge is 0.496 e. The Hall–Kier alpha value is -0.580. The van der Waals surface area contributed by atoms with Crippen molar-refractivity contribution in [2.75, 3.05) is 13.7 Å². The zero-order valence-electron chi connectivity index (χ0n) is 10.2. The van der Waals surface area contributed by atoms with Crippen LogP contribution in [0.3, 0.4) is 0 Å². The molecular formula is C12H21NO2S. The SMILES string of the molecule is CCCC(C)(CO)NCc1sccc1OC. The first-order valence-electron chi connectivity index (χ1n) is 5.61. The van der Waals surface area contributed by atoms with Gasteiger partial charge in [-0.1, -0.05) is 13.3 Å². The molecule has 0 radical (unpaired) electrons. The summed E-state index contributed by atoms with van der Waals surface area (Å²) in [5, 5.41) is 14.8. The van der Waals surface area contributed by atoms with Crippen LogP contribution in [0.1, 0.15) is 31.6 Å². The van der Waals surface area contributed by atoms with Crippen molar-refractivity contribution in [2.45, 2.75) is 38.8 Å². The Morgan fingerprint density at radius 1 is 1.56 bits per heavy atom. The summed E-state index contributed by atoms with van der Waals surface area (Å²) in [7, 11) is 1.68. The molecule has 0 aliphatic carbocycles. The molecule has 16 heavy (non-hydrogen) atoms. The molecule has 0 spiro atoms. The fraction of sp³-hybridized carbons (Fsp3) is 0.667. The van der Waals surface area contributed by atoms with Crippen molar-refractivity contribution < 1.29 is 9.84 Å². The maximum atomic E-state index is 9.38. The third-order valence-electron chi connectivity index (χ3n) is 2.75. The predicted molar refractivity (Wildman–Crippen MR) is 68.1 cm³/mol. The summed E-state index contributed by atoms with van der Waals surface area (Å²) < 4.78 is 5.25. The van der Waals surface area contributed by atoms with E-state index in [1.165, 1.54) is 4.88 Å². The van der Waals surface area contributed by atoms with E-state index in [4.69, 9.17) is 4.74 Å². The summed E-state index contributed by atoms with van der Waals surface area (Å²) in [6.45, 7) is 5.09. The highest BCUT2D eigenvalue weighted by Crippen LogP contribution is 2.25. The number of hydrogen-bond donors (Lipinski definition) is 2. The van der Waals surface area contributed by atoms with Gasteiger partial charge in [-0.3, -0.25) is 0 Å². The molecule has 0 fully saturated rings. The molecule has 1 atom stereocenters. The average Bonchev–Trinajstić information content (AvgIpc) is 2.74. The van der Waals surface area contributed by atoms with Crippen LogP contribution in [0.5, 0.6) is 5.75 Å². The molecule has 0 aromatic carbocycles. The second-order valence-corrected chi connectivity index (χ2v) is 5.24. The summed E-state index contributed by atoms with van der Waals surface area (Å²) in [4.78, 5) is 1.18. The number of aliphatic hydroxyl groups is 1. The van der Waals surface area contributed by atoms with Gasteiger partial charge in [-0.05, 0) is 24.8 Å². The third kappa shape index (κ3) is 3.47. The Kier molecular flexibility index (Phi) is 5.25. The van der Waals surface area contributed by atoms with E-state index in [1.54, 1.807) is 18.4 Å². The highest BCUT2D eigenvalue weighted by molar-refractivity contribution is 7.10. The van der Waals surface area contributed by atoms with Gasteiger partial charge in [0.2, 0.25) is 0 Å². The Balaban J connectivity index is 2.55. The molecule has 1 aromatic heterocycles. The topological polar surface area (TPSA) is 41.5 Å². The average molecular weight is 243 g/mol. The van der Waals surface area contributed by atoms with E-state index >= 15 is 0 Å². The van der Waals surface area contributed by atoms with Gasteiger partial charge in [-0.15, -0.1) is 11.3 Å². The van der Waals surface area contributed by atoms with Crippen molar-refractivity contribution in [1.82, 2.24) is 5.32 Å². The normalized spacial score (nSPS) is 14.8. The number of methoxy groups -OCH3 is 1.